The molecule has 0 unspecified atom stereocenters. The Morgan fingerprint density at radius 2 is 1.52 bits per heavy atom. The zero-order valence-electron chi connectivity index (χ0n) is 17.8. The number of rotatable bonds is 6. The van der Waals surface area contributed by atoms with Gasteiger partial charge in [0, 0.05) is 0 Å². The third-order valence-electron chi connectivity index (χ3n) is 6.36. The zero-order valence-corrected chi connectivity index (χ0v) is 17.8. The molecule has 2 fully saturated rings. The summed E-state index contributed by atoms with van der Waals surface area (Å²) < 4.78 is 16.1. The van der Waals surface area contributed by atoms with E-state index >= 15 is 0 Å². The van der Waals surface area contributed by atoms with Crippen molar-refractivity contribution in [3.63, 3.8) is 0 Å². The highest BCUT2D eigenvalue weighted by molar-refractivity contribution is 5.22. The van der Waals surface area contributed by atoms with E-state index in [2.05, 4.69) is 5.32 Å². The van der Waals surface area contributed by atoms with Gasteiger partial charge in [0.25, 0.3) is 0 Å². The molecule has 2 saturated heterocycles. The first kappa shape index (κ1) is 26.8. The fourth-order valence-electron chi connectivity index (χ4n) is 4.33. The molecule has 11 N–H and O–H groups in total. The van der Waals surface area contributed by atoms with Gasteiger partial charge in [-0.05, 0) is 12.5 Å². The van der Waals surface area contributed by atoms with E-state index in [1.165, 1.54) is 13.0 Å². The van der Waals surface area contributed by atoms with Crippen LogP contribution in [0.2, 0.25) is 0 Å². The summed E-state index contributed by atoms with van der Waals surface area (Å²) in [5.74, 6) is 0. The Kier molecular flexibility index (Phi) is 8.80. The number of aliphatic hydroxyl groups excluding tert-OH is 10. The van der Waals surface area contributed by atoms with Crippen LogP contribution in [0.25, 0.3) is 0 Å². The Bertz CT molecular complexity index is 680. The summed E-state index contributed by atoms with van der Waals surface area (Å²) >= 11 is 0. The molecule has 14 nitrogen and oxygen atoms in total. The van der Waals surface area contributed by atoms with Gasteiger partial charge in [0.1, 0.15) is 54.9 Å². The zero-order chi connectivity index (χ0) is 24.6. The average molecular weight is 483 g/mol. The molecule has 2 aliphatic heterocycles. The second-order valence-electron chi connectivity index (χ2n) is 8.56. The van der Waals surface area contributed by atoms with Crippen molar-refractivity contribution in [2.75, 3.05) is 13.2 Å². The quantitative estimate of drug-likeness (QED) is 0.157. The van der Waals surface area contributed by atoms with Gasteiger partial charge in [-0.25, -0.2) is 0 Å². The van der Waals surface area contributed by atoms with Crippen LogP contribution in [-0.2, 0) is 14.2 Å². The van der Waals surface area contributed by atoms with Crippen LogP contribution < -0.4 is 5.32 Å². The SMILES string of the molecule is C[C@H]1O[C@H](O[C@H]2[C@H](O)[C@@H](O)[C@@H](O)O[C@@H]2CO)[C@H](O)[C@@H](O)[C@@H]1N[C@H]1C=C(CO)[C@@H](O)[C@H](O)[C@H]1O. The molecule has 14 atom stereocenters. The summed E-state index contributed by atoms with van der Waals surface area (Å²) in [6.45, 7) is 0.249. The van der Waals surface area contributed by atoms with Gasteiger partial charge in [-0.1, -0.05) is 6.08 Å². The van der Waals surface area contributed by atoms with E-state index < -0.39 is 98.9 Å². The predicted molar refractivity (Wildman–Crippen MR) is 105 cm³/mol. The summed E-state index contributed by atoms with van der Waals surface area (Å²) in [5, 5.41) is 103. The highest BCUT2D eigenvalue weighted by Gasteiger charge is 2.50. The van der Waals surface area contributed by atoms with Crippen LogP contribution in [0.5, 0.6) is 0 Å². The van der Waals surface area contributed by atoms with Crippen molar-refractivity contribution < 1.29 is 65.3 Å². The second kappa shape index (κ2) is 10.8. The smallest absolute Gasteiger partial charge is 0.187 e. The third kappa shape index (κ3) is 5.24. The molecule has 0 amide bonds. The molecule has 0 spiro atoms. The normalized spacial score (nSPS) is 51.3. The Balaban J connectivity index is 1.71. The summed E-state index contributed by atoms with van der Waals surface area (Å²) in [6.07, 6.45) is -16.8. The lowest BCUT2D eigenvalue weighted by atomic mass is 9.86. The molecule has 3 aliphatic rings. The molecule has 3 rings (SSSR count). The van der Waals surface area contributed by atoms with E-state index in [-0.39, 0.29) is 5.57 Å². The van der Waals surface area contributed by atoms with Crippen LogP contribution in [0.4, 0.5) is 0 Å². The van der Waals surface area contributed by atoms with Gasteiger partial charge in [0.05, 0.1) is 31.4 Å². The maximum absolute atomic E-state index is 10.7. The molecule has 1 aliphatic carbocycles. The maximum Gasteiger partial charge on any atom is 0.187 e. The van der Waals surface area contributed by atoms with Gasteiger partial charge in [-0.15, -0.1) is 0 Å². The van der Waals surface area contributed by atoms with Crippen molar-refractivity contribution in [2.45, 2.75) is 92.6 Å². The molecule has 0 bridgehead atoms. The summed E-state index contributed by atoms with van der Waals surface area (Å²) in [5.41, 5.74) is 0.0630. The van der Waals surface area contributed by atoms with Crippen LogP contribution in [-0.4, -0.2) is 150 Å². The largest absolute Gasteiger partial charge is 0.394 e. The van der Waals surface area contributed by atoms with Crippen molar-refractivity contribution >= 4 is 0 Å². The van der Waals surface area contributed by atoms with Crippen molar-refractivity contribution in [1.29, 1.82) is 0 Å². The topological polar surface area (TPSA) is 242 Å². The van der Waals surface area contributed by atoms with Gasteiger partial charge in [-0.2, -0.15) is 0 Å². The van der Waals surface area contributed by atoms with E-state index in [0.717, 1.165) is 0 Å². The minimum absolute atomic E-state index is 0.0630. The monoisotopic (exact) mass is 483 g/mol. The van der Waals surface area contributed by atoms with E-state index in [1.54, 1.807) is 0 Å². The lowest BCUT2D eigenvalue weighted by Gasteiger charge is -2.47. The average Bonchev–Trinajstić information content (AvgIpc) is 2.79. The molecular weight excluding hydrogens is 450 g/mol. The van der Waals surface area contributed by atoms with E-state index in [9.17, 15) is 51.1 Å². The standard InChI is InChI=1S/C19H33NO13/c1-5-9(20-7-2-6(3-21)10(23)13(26)11(7)24)12(25)16(29)19(31-5)33-17-8(4-22)32-18(30)15(28)14(17)27/h2,5,7-30H,3-4H2,1H3/t5-,7+,8-,9-,10-,11+,12+,13+,14-,15-,16-,17-,18+,19-/m1/s1. The minimum Gasteiger partial charge on any atom is -0.394 e. The Morgan fingerprint density at radius 3 is 2.12 bits per heavy atom. The molecule has 14 heteroatoms. The number of nitrogens with one attached hydrogen (secondary N) is 1. The van der Waals surface area contributed by atoms with Crippen LogP contribution in [0.1, 0.15) is 6.92 Å². The molecule has 0 radical (unpaired) electrons. The lowest BCUT2D eigenvalue weighted by molar-refractivity contribution is -0.345. The summed E-state index contributed by atoms with van der Waals surface area (Å²) in [7, 11) is 0. The van der Waals surface area contributed by atoms with Crippen molar-refractivity contribution in [2.24, 2.45) is 0 Å². The Morgan fingerprint density at radius 1 is 0.848 bits per heavy atom. The molecule has 33 heavy (non-hydrogen) atoms. The van der Waals surface area contributed by atoms with Gasteiger partial charge < -0.3 is 70.6 Å². The Hall–Kier alpha value is -0.820. The molecular formula is C19H33NO13. The van der Waals surface area contributed by atoms with Crippen LogP contribution in [0, 0.1) is 0 Å². The van der Waals surface area contributed by atoms with E-state index in [0.29, 0.717) is 0 Å². The second-order valence-corrected chi connectivity index (χ2v) is 8.56. The highest BCUT2D eigenvalue weighted by Crippen LogP contribution is 2.29. The highest BCUT2D eigenvalue weighted by atomic mass is 16.7. The van der Waals surface area contributed by atoms with Gasteiger partial charge in [0.2, 0.25) is 0 Å². The van der Waals surface area contributed by atoms with Crippen LogP contribution in [0.3, 0.4) is 0 Å². The van der Waals surface area contributed by atoms with E-state index in [4.69, 9.17) is 14.2 Å². The fourth-order valence-corrected chi connectivity index (χ4v) is 4.33. The molecule has 0 aromatic rings. The van der Waals surface area contributed by atoms with Crippen molar-refractivity contribution in [1.82, 2.24) is 5.32 Å². The fraction of sp³-hybridized carbons (Fsp3) is 0.895. The first-order valence-electron chi connectivity index (χ1n) is 10.6. The molecule has 0 saturated carbocycles. The van der Waals surface area contributed by atoms with Gasteiger partial charge in [-0.3, -0.25) is 0 Å². The summed E-state index contributed by atoms with van der Waals surface area (Å²) in [4.78, 5) is 0. The first-order chi connectivity index (χ1) is 15.5. The number of hydrogen-bond donors (Lipinski definition) is 11. The lowest BCUT2D eigenvalue weighted by Crippen LogP contribution is -2.68. The number of hydrogen-bond acceptors (Lipinski definition) is 14. The van der Waals surface area contributed by atoms with Crippen molar-refractivity contribution in [3.05, 3.63) is 11.6 Å². The molecule has 192 valence electrons. The van der Waals surface area contributed by atoms with Gasteiger partial charge >= 0.3 is 0 Å². The van der Waals surface area contributed by atoms with Crippen LogP contribution in [0.15, 0.2) is 11.6 Å². The molecule has 0 aromatic carbocycles. The molecule has 0 aromatic heterocycles. The Labute approximate surface area is 188 Å². The number of ether oxygens (including phenoxy) is 3. The maximum atomic E-state index is 10.7. The number of aliphatic hydroxyl groups is 10. The van der Waals surface area contributed by atoms with Crippen LogP contribution >= 0.6 is 0 Å². The minimum atomic E-state index is -1.76. The van der Waals surface area contributed by atoms with Crippen molar-refractivity contribution in [3.8, 4) is 0 Å². The van der Waals surface area contributed by atoms with Gasteiger partial charge in [0.15, 0.2) is 12.6 Å². The molecule has 2 heterocycles. The predicted octanol–water partition coefficient (Wildman–Crippen LogP) is -6.39. The summed E-state index contributed by atoms with van der Waals surface area (Å²) in [6, 6.07) is -2.02. The third-order valence-corrected chi connectivity index (χ3v) is 6.36. The van der Waals surface area contributed by atoms with E-state index in [1.807, 2.05) is 0 Å². The first-order valence-corrected chi connectivity index (χ1v) is 10.6.